The zero-order valence-corrected chi connectivity index (χ0v) is 15.6. The Morgan fingerprint density at radius 2 is 1.67 bits per heavy atom. The molecule has 0 unspecified atom stereocenters. The summed E-state index contributed by atoms with van der Waals surface area (Å²) in [4.78, 5) is 15.5. The van der Waals surface area contributed by atoms with Crippen molar-refractivity contribution < 1.29 is 9.80 Å². The lowest BCUT2D eigenvalue weighted by atomic mass is 10.1. The Morgan fingerprint density at radius 1 is 0.926 bits per heavy atom. The summed E-state index contributed by atoms with van der Waals surface area (Å²) in [5.41, 5.74) is 3.28. The van der Waals surface area contributed by atoms with Crippen LogP contribution in [0.2, 0.25) is 0 Å². The SMILES string of the molecule is Cc1cccc(C[NH+]2CC[NH+](Cn3nnn(-c4ccccc4)c3=O)CC2)c1. The minimum atomic E-state index is -0.178. The number of nitrogens with one attached hydrogen (secondary N) is 2. The predicted octanol–water partition coefficient (Wildman–Crippen LogP) is -1.32. The van der Waals surface area contributed by atoms with Crippen molar-refractivity contribution >= 4 is 0 Å². The van der Waals surface area contributed by atoms with Crippen LogP contribution in [0.1, 0.15) is 11.1 Å². The van der Waals surface area contributed by atoms with E-state index in [0.717, 1.165) is 38.4 Å². The normalized spacial score (nSPS) is 19.9. The number of nitrogens with zero attached hydrogens (tertiary/aromatic N) is 4. The average Bonchev–Trinajstić information content (AvgIpc) is 3.04. The molecular weight excluding hydrogens is 340 g/mol. The average molecular weight is 366 g/mol. The molecule has 2 N–H and O–H groups in total. The van der Waals surface area contributed by atoms with E-state index < -0.39 is 0 Å². The van der Waals surface area contributed by atoms with Gasteiger partial charge in [-0.05, 0) is 29.5 Å². The molecule has 1 aliphatic rings. The summed E-state index contributed by atoms with van der Waals surface area (Å²) in [6.07, 6.45) is 0. The summed E-state index contributed by atoms with van der Waals surface area (Å²) in [5.74, 6) is 0. The van der Waals surface area contributed by atoms with Crippen LogP contribution in [0.4, 0.5) is 0 Å². The van der Waals surface area contributed by atoms with E-state index in [1.165, 1.54) is 25.4 Å². The number of benzene rings is 2. The molecule has 7 heteroatoms. The third-order valence-corrected chi connectivity index (χ3v) is 5.21. The van der Waals surface area contributed by atoms with Crippen LogP contribution in [0.15, 0.2) is 59.4 Å². The Bertz CT molecular complexity index is 940. The van der Waals surface area contributed by atoms with Gasteiger partial charge in [0.05, 0.1) is 5.69 Å². The van der Waals surface area contributed by atoms with Gasteiger partial charge in [0.15, 0.2) is 6.67 Å². The second-order valence-electron chi connectivity index (χ2n) is 7.33. The van der Waals surface area contributed by atoms with Crippen LogP contribution >= 0.6 is 0 Å². The van der Waals surface area contributed by atoms with Gasteiger partial charge in [-0.3, -0.25) is 0 Å². The van der Waals surface area contributed by atoms with Gasteiger partial charge >= 0.3 is 5.69 Å². The molecule has 2 aromatic carbocycles. The highest BCUT2D eigenvalue weighted by Gasteiger charge is 2.24. The first-order valence-electron chi connectivity index (χ1n) is 9.50. The van der Waals surface area contributed by atoms with E-state index in [1.54, 1.807) is 4.90 Å². The van der Waals surface area contributed by atoms with Crippen molar-refractivity contribution in [2.75, 3.05) is 26.2 Å². The third-order valence-electron chi connectivity index (χ3n) is 5.21. The van der Waals surface area contributed by atoms with Crippen molar-refractivity contribution in [2.24, 2.45) is 0 Å². The fourth-order valence-corrected chi connectivity index (χ4v) is 3.72. The Kier molecular flexibility index (Phi) is 5.13. The van der Waals surface area contributed by atoms with Crippen molar-refractivity contribution in [1.29, 1.82) is 0 Å². The Labute approximate surface area is 158 Å². The maximum atomic E-state index is 12.6. The first-order valence-corrected chi connectivity index (χ1v) is 9.50. The molecule has 0 aliphatic carbocycles. The fourth-order valence-electron chi connectivity index (χ4n) is 3.72. The minimum absolute atomic E-state index is 0.178. The van der Waals surface area contributed by atoms with Crippen LogP contribution in [0.25, 0.3) is 5.69 Å². The molecule has 1 fully saturated rings. The van der Waals surface area contributed by atoms with Crippen molar-refractivity contribution in [1.82, 2.24) is 19.8 Å². The highest BCUT2D eigenvalue weighted by Crippen LogP contribution is 2.02. The second kappa shape index (κ2) is 7.85. The van der Waals surface area contributed by atoms with E-state index in [0.29, 0.717) is 6.67 Å². The second-order valence-corrected chi connectivity index (χ2v) is 7.33. The minimum Gasteiger partial charge on any atom is -0.322 e. The third kappa shape index (κ3) is 4.15. The van der Waals surface area contributed by atoms with Crippen LogP contribution < -0.4 is 15.5 Å². The predicted molar refractivity (Wildman–Crippen MR) is 102 cm³/mol. The number of hydrogen-bond acceptors (Lipinski definition) is 3. The number of para-hydroxylation sites is 1. The molecule has 0 bridgehead atoms. The molecule has 3 aromatic rings. The lowest BCUT2D eigenvalue weighted by Crippen LogP contribution is -3.27. The van der Waals surface area contributed by atoms with Gasteiger partial charge in [0.1, 0.15) is 32.7 Å². The zero-order chi connectivity index (χ0) is 18.6. The Balaban J connectivity index is 1.35. The van der Waals surface area contributed by atoms with Crippen LogP contribution in [-0.4, -0.2) is 46.0 Å². The van der Waals surface area contributed by atoms with Gasteiger partial charge in [0, 0.05) is 5.56 Å². The van der Waals surface area contributed by atoms with Gasteiger partial charge in [-0.25, -0.2) is 4.79 Å². The van der Waals surface area contributed by atoms with Gasteiger partial charge in [-0.15, -0.1) is 4.68 Å². The van der Waals surface area contributed by atoms with Gasteiger partial charge in [-0.1, -0.05) is 48.0 Å². The lowest BCUT2D eigenvalue weighted by molar-refractivity contribution is -1.03. The Hall–Kier alpha value is -2.77. The van der Waals surface area contributed by atoms with Crippen LogP contribution in [0.3, 0.4) is 0 Å². The van der Waals surface area contributed by atoms with E-state index in [-0.39, 0.29) is 5.69 Å². The van der Waals surface area contributed by atoms with E-state index in [9.17, 15) is 4.79 Å². The van der Waals surface area contributed by atoms with Gasteiger partial charge in [0.2, 0.25) is 0 Å². The smallest absolute Gasteiger partial charge is 0.322 e. The number of hydrogen-bond donors (Lipinski definition) is 2. The van der Waals surface area contributed by atoms with E-state index in [4.69, 9.17) is 0 Å². The molecule has 27 heavy (non-hydrogen) atoms. The number of rotatable bonds is 5. The largest absolute Gasteiger partial charge is 0.373 e. The molecule has 7 nitrogen and oxygen atoms in total. The van der Waals surface area contributed by atoms with Crippen molar-refractivity contribution in [3.05, 3.63) is 76.2 Å². The van der Waals surface area contributed by atoms with E-state index in [1.807, 2.05) is 30.3 Å². The topological polar surface area (TPSA) is 61.6 Å². The molecular formula is C20H26N6O+2. The molecule has 0 spiro atoms. The molecule has 1 aromatic heterocycles. The summed E-state index contributed by atoms with van der Waals surface area (Å²) in [6, 6.07) is 18.2. The summed E-state index contributed by atoms with van der Waals surface area (Å²) in [6.45, 7) is 8.05. The number of quaternary nitrogens is 2. The molecule has 140 valence electrons. The van der Waals surface area contributed by atoms with Gasteiger partial charge in [0.25, 0.3) is 0 Å². The summed E-state index contributed by atoms with van der Waals surface area (Å²) < 4.78 is 2.84. The summed E-state index contributed by atoms with van der Waals surface area (Å²) >= 11 is 0. The standard InChI is InChI=1S/C20H24N6O/c1-17-6-5-7-18(14-17)15-23-10-12-24(13-11-23)16-25-20(27)26(22-21-25)19-8-3-2-4-9-19/h2-9,14H,10-13,15-16H2,1H3/p+2. The number of piperazine rings is 1. The van der Waals surface area contributed by atoms with E-state index >= 15 is 0 Å². The quantitative estimate of drug-likeness (QED) is 0.589. The van der Waals surface area contributed by atoms with Gasteiger partial charge < -0.3 is 9.80 Å². The summed E-state index contributed by atoms with van der Waals surface area (Å²) in [5, 5.41) is 8.10. The monoisotopic (exact) mass is 366 g/mol. The number of aromatic nitrogens is 4. The fraction of sp³-hybridized carbons (Fsp3) is 0.350. The van der Waals surface area contributed by atoms with Crippen molar-refractivity contribution in [3.63, 3.8) is 0 Å². The van der Waals surface area contributed by atoms with Crippen LogP contribution in [-0.2, 0) is 13.2 Å². The number of tetrazole rings is 1. The molecule has 0 saturated carbocycles. The molecule has 1 aliphatic heterocycles. The van der Waals surface area contributed by atoms with E-state index in [2.05, 4.69) is 41.6 Å². The molecule has 1 saturated heterocycles. The Morgan fingerprint density at radius 3 is 2.41 bits per heavy atom. The van der Waals surface area contributed by atoms with Crippen LogP contribution in [0.5, 0.6) is 0 Å². The number of aryl methyl sites for hydroxylation is 1. The first kappa shape index (κ1) is 17.6. The van der Waals surface area contributed by atoms with Gasteiger partial charge in [-0.2, -0.15) is 4.68 Å². The highest BCUT2D eigenvalue weighted by atomic mass is 16.2. The molecule has 0 atom stereocenters. The summed E-state index contributed by atoms with van der Waals surface area (Å²) in [7, 11) is 0. The van der Waals surface area contributed by atoms with Crippen LogP contribution in [0, 0.1) is 6.92 Å². The van der Waals surface area contributed by atoms with Crippen molar-refractivity contribution in [2.45, 2.75) is 20.1 Å². The zero-order valence-electron chi connectivity index (χ0n) is 15.6. The van der Waals surface area contributed by atoms with Crippen molar-refractivity contribution in [3.8, 4) is 5.69 Å². The highest BCUT2D eigenvalue weighted by molar-refractivity contribution is 5.28. The molecule has 0 radical (unpaired) electrons. The maximum absolute atomic E-state index is 12.6. The molecule has 4 rings (SSSR count). The molecule has 2 heterocycles. The maximum Gasteiger partial charge on any atom is 0.373 e. The molecule has 0 amide bonds. The lowest BCUT2D eigenvalue weighted by Gasteiger charge is -2.29. The first-order chi connectivity index (χ1) is 13.2.